The average Bonchev–Trinajstić information content (AvgIpc) is 3.01. The minimum Gasteiger partial charge on any atom is -0.331 e. The summed E-state index contributed by atoms with van der Waals surface area (Å²) in [6.07, 6.45) is 4.93. The van der Waals surface area contributed by atoms with E-state index in [1.807, 2.05) is 19.0 Å². The smallest absolute Gasteiger partial charge is 0.319 e. The van der Waals surface area contributed by atoms with Crippen molar-refractivity contribution in [2.24, 2.45) is 0 Å². The Balaban J connectivity index is 1.43. The summed E-state index contributed by atoms with van der Waals surface area (Å²) >= 11 is 0. The van der Waals surface area contributed by atoms with E-state index in [-0.39, 0.29) is 6.03 Å². The molecular formula is C19H32N6O. The zero-order valence-electron chi connectivity index (χ0n) is 16.4. The minimum atomic E-state index is 0.0905. The van der Waals surface area contributed by atoms with Crippen molar-refractivity contribution in [3.63, 3.8) is 0 Å². The molecule has 3 aliphatic heterocycles. The highest BCUT2D eigenvalue weighted by atomic mass is 16.2. The summed E-state index contributed by atoms with van der Waals surface area (Å²) in [7, 11) is 5.93. The van der Waals surface area contributed by atoms with Crippen LogP contribution in [0, 0.1) is 0 Å². The molecule has 2 saturated heterocycles. The molecule has 0 saturated carbocycles. The standard InChI is InChI=1S/C19H32N6O/c1-21(2)19(26)24-8-4-9-25-18(14-24)11-15(20-25)12-23-10-7-16-5-6-17(13-23)22(16)3/h11,16-17H,4-10,12-14H2,1-3H3/t16-,17+/m1/s1. The van der Waals surface area contributed by atoms with Crippen LogP contribution in [-0.4, -0.2) is 88.3 Å². The number of amides is 2. The van der Waals surface area contributed by atoms with Gasteiger partial charge in [-0.25, -0.2) is 4.79 Å². The first-order valence-corrected chi connectivity index (χ1v) is 9.97. The van der Waals surface area contributed by atoms with Crippen LogP contribution in [0.2, 0.25) is 0 Å². The van der Waals surface area contributed by atoms with Crippen LogP contribution < -0.4 is 0 Å². The number of aromatic nitrogens is 2. The molecule has 7 heteroatoms. The van der Waals surface area contributed by atoms with E-state index in [0.717, 1.165) is 44.3 Å². The molecular weight excluding hydrogens is 328 g/mol. The molecule has 0 radical (unpaired) electrons. The van der Waals surface area contributed by atoms with Crippen molar-refractivity contribution >= 4 is 6.03 Å². The fraction of sp³-hybridized carbons (Fsp3) is 0.789. The molecule has 2 bridgehead atoms. The van der Waals surface area contributed by atoms with Gasteiger partial charge in [-0.15, -0.1) is 0 Å². The Morgan fingerprint density at radius 3 is 2.81 bits per heavy atom. The fourth-order valence-electron chi connectivity index (χ4n) is 4.80. The van der Waals surface area contributed by atoms with Crippen LogP contribution in [0.4, 0.5) is 4.79 Å². The molecule has 4 rings (SSSR count). The summed E-state index contributed by atoms with van der Waals surface area (Å²) < 4.78 is 2.12. The highest BCUT2D eigenvalue weighted by molar-refractivity contribution is 5.73. The molecule has 144 valence electrons. The minimum absolute atomic E-state index is 0.0905. The number of likely N-dealkylation sites (N-methyl/N-ethyl adjacent to an activating group) is 1. The Morgan fingerprint density at radius 2 is 2.00 bits per heavy atom. The molecule has 7 nitrogen and oxygen atoms in total. The van der Waals surface area contributed by atoms with Crippen molar-refractivity contribution in [1.82, 2.24) is 29.4 Å². The van der Waals surface area contributed by atoms with Crippen LogP contribution in [0.5, 0.6) is 0 Å². The molecule has 3 aliphatic rings. The zero-order chi connectivity index (χ0) is 18.3. The maximum Gasteiger partial charge on any atom is 0.319 e. The number of carbonyl (C=O) groups is 1. The summed E-state index contributed by atoms with van der Waals surface area (Å²) in [6.45, 7) is 5.62. The second-order valence-corrected chi connectivity index (χ2v) is 8.38. The van der Waals surface area contributed by atoms with E-state index in [0.29, 0.717) is 12.6 Å². The molecule has 2 amide bonds. The van der Waals surface area contributed by atoms with Gasteiger partial charge in [0.2, 0.25) is 0 Å². The summed E-state index contributed by atoms with van der Waals surface area (Å²) in [5, 5.41) is 4.87. The predicted molar refractivity (Wildman–Crippen MR) is 101 cm³/mol. The van der Waals surface area contributed by atoms with Crippen molar-refractivity contribution in [2.75, 3.05) is 40.8 Å². The monoisotopic (exact) mass is 360 g/mol. The first kappa shape index (κ1) is 17.8. The maximum atomic E-state index is 12.3. The molecule has 2 atom stereocenters. The van der Waals surface area contributed by atoms with Gasteiger partial charge in [-0.2, -0.15) is 5.10 Å². The molecule has 0 aliphatic carbocycles. The SMILES string of the molecule is CN(C)C(=O)N1CCCn2nc(CN3CC[C@H]4CC[C@@H](C3)N4C)cc2C1. The van der Waals surface area contributed by atoms with Gasteiger partial charge in [-0.3, -0.25) is 14.5 Å². The van der Waals surface area contributed by atoms with Gasteiger partial charge < -0.3 is 9.80 Å². The van der Waals surface area contributed by atoms with E-state index in [9.17, 15) is 4.79 Å². The lowest BCUT2D eigenvalue weighted by molar-refractivity contribution is 0.169. The topological polar surface area (TPSA) is 47.9 Å². The Kier molecular flexibility index (Phi) is 4.92. The number of likely N-dealkylation sites (tertiary alicyclic amines) is 1. The van der Waals surface area contributed by atoms with Crippen LogP contribution in [-0.2, 0) is 19.6 Å². The van der Waals surface area contributed by atoms with Gasteiger partial charge in [-0.05, 0) is 38.8 Å². The van der Waals surface area contributed by atoms with Crippen molar-refractivity contribution in [3.8, 4) is 0 Å². The lowest BCUT2D eigenvalue weighted by Gasteiger charge is -2.25. The molecule has 1 aromatic heterocycles. The molecule has 1 aromatic rings. The first-order chi connectivity index (χ1) is 12.5. The number of fused-ring (bicyclic) bond motifs is 3. The normalized spacial score (nSPS) is 27.1. The lowest BCUT2D eigenvalue weighted by atomic mass is 10.1. The number of aryl methyl sites for hydroxylation is 1. The van der Waals surface area contributed by atoms with E-state index in [2.05, 4.69) is 27.6 Å². The molecule has 0 unspecified atom stereocenters. The predicted octanol–water partition coefficient (Wildman–Crippen LogP) is 1.44. The van der Waals surface area contributed by atoms with E-state index in [4.69, 9.17) is 5.10 Å². The molecule has 0 aromatic carbocycles. The number of urea groups is 1. The van der Waals surface area contributed by atoms with Gasteiger partial charge in [0.15, 0.2) is 0 Å². The summed E-state index contributed by atoms with van der Waals surface area (Å²) in [5.41, 5.74) is 2.32. The number of hydrogen-bond acceptors (Lipinski definition) is 4. The Labute approximate surface area is 156 Å². The second-order valence-electron chi connectivity index (χ2n) is 8.38. The van der Waals surface area contributed by atoms with E-state index >= 15 is 0 Å². The summed E-state index contributed by atoms with van der Waals surface area (Å²) in [6, 6.07) is 3.78. The Morgan fingerprint density at radius 1 is 1.19 bits per heavy atom. The molecule has 0 N–H and O–H groups in total. The van der Waals surface area contributed by atoms with Gasteiger partial charge in [0.05, 0.1) is 17.9 Å². The average molecular weight is 361 g/mol. The van der Waals surface area contributed by atoms with Crippen LogP contribution in [0.15, 0.2) is 6.07 Å². The largest absolute Gasteiger partial charge is 0.331 e. The van der Waals surface area contributed by atoms with Gasteiger partial charge in [0.1, 0.15) is 0 Å². The Bertz CT molecular complexity index is 656. The van der Waals surface area contributed by atoms with Crippen molar-refractivity contribution in [3.05, 3.63) is 17.5 Å². The third-order valence-corrected chi connectivity index (χ3v) is 6.34. The Hall–Kier alpha value is -1.60. The van der Waals surface area contributed by atoms with E-state index in [1.165, 1.54) is 31.5 Å². The second kappa shape index (κ2) is 7.19. The van der Waals surface area contributed by atoms with Crippen LogP contribution in [0.3, 0.4) is 0 Å². The maximum absolute atomic E-state index is 12.3. The summed E-state index contributed by atoms with van der Waals surface area (Å²) in [4.78, 5) is 21.1. The van der Waals surface area contributed by atoms with Crippen LogP contribution >= 0.6 is 0 Å². The van der Waals surface area contributed by atoms with Crippen molar-refractivity contribution in [1.29, 1.82) is 0 Å². The van der Waals surface area contributed by atoms with Gasteiger partial charge >= 0.3 is 6.03 Å². The zero-order valence-corrected chi connectivity index (χ0v) is 16.4. The number of rotatable bonds is 2. The van der Waals surface area contributed by atoms with Crippen molar-refractivity contribution < 1.29 is 4.79 Å². The summed E-state index contributed by atoms with van der Waals surface area (Å²) in [5.74, 6) is 0. The van der Waals surface area contributed by atoms with E-state index in [1.54, 1.807) is 4.90 Å². The molecule has 2 fully saturated rings. The molecule has 26 heavy (non-hydrogen) atoms. The fourth-order valence-corrected chi connectivity index (χ4v) is 4.80. The van der Waals surface area contributed by atoms with Crippen LogP contribution in [0.1, 0.15) is 37.1 Å². The lowest BCUT2D eigenvalue weighted by Crippen LogP contribution is -2.38. The first-order valence-electron chi connectivity index (χ1n) is 9.97. The van der Waals surface area contributed by atoms with Crippen LogP contribution in [0.25, 0.3) is 0 Å². The number of carbonyl (C=O) groups excluding carboxylic acids is 1. The van der Waals surface area contributed by atoms with Gasteiger partial charge in [-0.1, -0.05) is 0 Å². The van der Waals surface area contributed by atoms with E-state index < -0.39 is 0 Å². The third kappa shape index (κ3) is 3.47. The van der Waals surface area contributed by atoms with Gasteiger partial charge in [0, 0.05) is 58.9 Å². The third-order valence-electron chi connectivity index (χ3n) is 6.34. The van der Waals surface area contributed by atoms with Gasteiger partial charge in [0.25, 0.3) is 0 Å². The number of hydrogen-bond donors (Lipinski definition) is 0. The highest BCUT2D eigenvalue weighted by Crippen LogP contribution is 2.29. The molecule has 4 heterocycles. The number of nitrogens with zero attached hydrogens (tertiary/aromatic N) is 6. The molecule has 0 spiro atoms. The highest BCUT2D eigenvalue weighted by Gasteiger charge is 2.34. The quantitative estimate of drug-likeness (QED) is 0.801. The van der Waals surface area contributed by atoms with Crippen molar-refractivity contribution in [2.45, 2.75) is 57.4 Å².